The number of anilines is 1. The number of guanidine groups is 1. The van der Waals surface area contributed by atoms with E-state index >= 15 is 0 Å². The lowest BCUT2D eigenvalue weighted by molar-refractivity contribution is 0.187. The monoisotopic (exact) mass is 567 g/mol. The summed E-state index contributed by atoms with van der Waals surface area (Å²) in [6, 6.07) is 6.60. The van der Waals surface area contributed by atoms with Crippen LogP contribution in [0.4, 0.5) is 5.69 Å². The fourth-order valence-corrected chi connectivity index (χ4v) is 4.48. The van der Waals surface area contributed by atoms with Crippen LogP contribution in [0.2, 0.25) is 0 Å². The van der Waals surface area contributed by atoms with E-state index in [1.54, 1.807) is 0 Å². The van der Waals surface area contributed by atoms with Gasteiger partial charge in [-0.25, -0.2) is 0 Å². The number of hydrogen-bond donors (Lipinski definition) is 1. The van der Waals surface area contributed by atoms with Gasteiger partial charge in [0.25, 0.3) is 0 Å². The van der Waals surface area contributed by atoms with E-state index < -0.39 is 0 Å². The Kier molecular flexibility index (Phi) is 9.78. The molecule has 0 saturated carbocycles. The first kappa shape index (κ1) is 25.7. The number of piperazine rings is 1. The summed E-state index contributed by atoms with van der Waals surface area (Å²) < 4.78 is 7.67. The molecule has 2 aromatic rings. The molecule has 0 amide bonds. The summed E-state index contributed by atoms with van der Waals surface area (Å²) in [4.78, 5) is 9.93. The van der Waals surface area contributed by atoms with Crippen molar-refractivity contribution in [3.05, 3.63) is 41.5 Å². The van der Waals surface area contributed by atoms with E-state index in [0.29, 0.717) is 5.92 Å². The van der Waals surface area contributed by atoms with Crippen LogP contribution in [-0.2, 0) is 17.7 Å². The van der Waals surface area contributed by atoms with Crippen LogP contribution < -0.4 is 10.2 Å². The Morgan fingerprint density at radius 1 is 1.21 bits per heavy atom. The molecule has 9 heteroatoms. The number of aryl methyl sites for hydroxylation is 2. The molecule has 2 aliphatic heterocycles. The van der Waals surface area contributed by atoms with Crippen molar-refractivity contribution >= 4 is 35.6 Å². The number of nitrogens with one attached hydrogen (secondary N) is 1. The molecule has 0 radical (unpaired) electrons. The van der Waals surface area contributed by atoms with E-state index in [2.05, 4.69) is 68.9 Å². The van der Waals surface area contributed by atoms with Crippen molar-refractivity contribution in [2.24, 2.45) is 10.9 Å². The molecule has 0 spiro atoms. The Labute approximate surface area is 214 Å². The van der Waals surface area contributed by atoms with Gasteiger partial charge in [0.15, 0.2) is 5.96 Å². The van der Waals surface area contributed by atoms with E-state index in [4.69, 9.17) is 9.73 Å². The van der Waals surface area contributed by atoms with Crippen molar-refractivity contribution in [3.8, 4) is 0 Å². The van der Waals surface area contributed by atoms with Crippen LogP contribution in [0.1, 0.15) is 30.3 Å². The smallest absolute Gasteiger partial charge is 0.194 e. The van der Waals surface area contributed by atoms with Crippen LogP contribution in [0, 0.1) is 19.8 Å². The van der Waals surface area contributed by atoms with Crippen molar-refractivity contribution in [2.45, 2.75) is 40.2 Å². The highest BCUT2D eigenvalue weighted by Crippen LogP contribution is 2.24. The number of ether oxygens (including phenoxy) is 1. The van der Waals surface area contributed by atoms with Crippen molar-refractivity contribution < 1.29 is 4.74 Å². The third-order valence-corrected chi connectivity index (χ3v) is 6.67. The van der Waals surface area contributed by atoms with Gasteiger partial charge in [0.1, 0.15) is 12.2 Å². The Bertz CT molecular complexity index is 902. The highest BCUT2D eigenvalue weighted by molar-refractivity contribution is 14.0. The van der Waals surface area contributed by atoms with Crippen LogP contribution in [0.3, 0.4) is 0 Å². The van der Waals surface area contributed by atoms with Crippen molar-refractivity contribution in [2.75, 3.05) is 57.4 Å². The summed E-state index contributed by atoms with van der Waals surface area (Å²) in [5.41, 5.74) is 4.10. The second kappa shape index (κ2) is 12.5. The van der Waals surface area contributed by atoms with Gasteiger partial charge < -0.3 is 24.4 Å². The zero-order valence-corrected chi connectivity index (χ0v) is 22.5. The molecule has 1 aromatic carbocycles. The number of hydrogen-bond acceptors (Lipinski definition) is 5. The van der Waals surface area contributed by atoms with E-state index in [9.17, 15) is 0 Å². The second-order valence-electron chi connectivity index (χ2n) is 8.81. The SMILES string of the molecule is CCc1nncn1CCNC(=NCC1CCOC1)N1CCN(c2cccc(C)c2C)CC1.I. The van der Waals surface area contributed by atoms with Gasteiger partial charge in [-0.15, -0.1) is 34.2 Å². The highest BCUT2D eigenvalue weighted by Gasteiger charge is 2.22. The van der Waals surface area contributed by atoms with Gasteiger partial charge in [-0.3, -0.25) is 4.99 Å². The fraction of sp³-hybridized carbons (Fsp3) is 0.625. The fourth-order valence-electron chi connectivity index (χ4n) is 4.48. The second-order valence-corrected chi connectivity index (χ2v) is 8.81. The zero-order valence-electron chi connectivity index (χ0n) is 20.2. The molecule has 1 N–H and O–H groups in total. The molecule has 2 saturated heterocycles. The summed E-state index contributed by atoms with van der Waals surface area (Å²) >= 11 is 0. The normalized spacial score (nSPS) is 19.0. The Hall–Kier alpha value is -1.88. The van der Waals surface area contributed by atoms with Gasteiger partial charge in [-0.05, 0) is 37.5 Å². The molecule has 3 heterocycles. The highest BCUT2D eigenvalue weighted by atomic mass is 127. The number of benzene rings is 1. The lowest BCUT2D eigenvalue weighted by atomic mass is 10.1. The van der Waals surface area contributed by atoms with Crippen molar-refractivity contribution in [1.29, 1.82) is 0 Å². The van der Waals surface area contributed by atoms with Gasteiger partial charge in [0.2, 0.25) is 0 Å². The van der Waals surface area contributed by atoms with Crippen LogP contribution in [0.15, 0.2) is 29.5 Å². The standard InChI is InChI=1S/C24H37N7O.HI/c1-4-23-28-27-18-31(23)10-9-25-24(26-16-21-8-15-32-17-21)30-13-11-29(12-14-30)22-7-5-6-19(2)20(22)3;/h5-7,18,21H,4,8-17H2,1-3H3,(H,25,26);1H. The lowest BCUT2D eigenvalue weighted by Gasteiger charge is -2.38. The van der Waals surface area contributed by atoms with Crippen LogP contribution >= 0.6 is 24.0 Å². The Morgan fingerprint density at radius 3 is 2.76 bits per heavy atom. The van der Waals surface area contributed by atoms with Gasteiger partial charge in [0.05, 0.1) is 6.61 Å². The van der Waals surface area contributed by atoms with Gasteiger partial charge in [-0.2, -0.15) is 0 Å². The molecule has 0 aliphatic carbocycles. The molecule has 1 aromatic heterocycles. The molecule has 0 bridgehead atoms. The number of rotatable bonds is 7. The van der Waals surface area contributed by atoms with Crippen LogP contribution in [-0.4, -0.2) is 78.1 Å². The molecule has 182 valence electrons. The number of nitrogens with zero attached hydrogens (tertiary/aromatic N) is 6. The maximum atomic E-state index is 5.55. The van der Waals surface area contributed by atoms with Gasteiger partial charge in [0, 0.05) is 70.4 Å². The first-order valence-electron chi connectivity index (χ1n) is 11.9. The third kappa shape index (κ3) is 6.59. The molecule has 33 heavy (non-hydrogen) atoms. The van der Waals surface area contributed by atoms with Gasteiger partial charge >= 0.3 is 0 Å². The van der Waals surface area contributed by atoms with Gasteiger partial charge in [-0.1, -0.05) is 19.1 Å². The molecule has 4 rings (SSSR count). The zero-order chi connectivity index (χ0) is 22.3. The Morgan fingerprint density at radius 2 is 2.03 bits per heavy atom. The average molecular weight is 568 g/mol. The minimum Gasteiger partial charge on any atom is -0.381 e. The predicted octanol–water partition coefficient (Wildman–Crippen LogP) is 2.88. The maximum Gasteiger partial charge on any atom is 0.194 e. The summed E-state index contributed by atoms with van der Waals surface area (Å²) in [6.07, 6.45) is 3.82. The summed E-state index contributed by atoms with van der Waals surface area (Å²) in [5, 5.41) is 11.8. The summed E-state index contributed by atoms with van der Waals surface area (Å²) in [6.45, 7) is 14.6. The first-order valence-corrected chi connectivity index (χ1v) is 11.9. The molecular weight excluding hydrogens is 529 g/mol. The average Bonchev–Trinajstić information content (AvgIpc) is 3.50. The van der Waals surface area contributed by atoms with E-state index in [-0.39, 0.29) is 24.0 Å². The number of aromatic nitrogens is 3. The van der Waals surface area contributed by atoms with Crippen molar-refractivity contribution in [1.82, 2.24) is 25.0 Å². The summed E-state index contributed by atoms with van der Waals surface area (Å²) in [5.74, 6) is 2.58. The molecule has 1 unspecified atom stereocenters. The quantitative estimate of drug-likeness (QED) is 0.316. The Balaban J connectivity index is 0.00000306. The molecule has 2 fully saturated rings. The summed E-state index contributed by atoms with van der Waals surface area (Å²) in [7, 11) is 0. The molecule has 8 nitrogen and oxygen atoms in total. The largest absolute Gasteiger partial charge is 0.381 e. The molecule has 2 aliphatic rings. The predicted molar refractivity (Wildman–Crippen MR) is 144 cm³/mol. The topological polar surface area (TPSA) is 70.8 Å². The number of halogens is 1. The van der Waals surface area contributed by atoms with Crippen LogP contribution in [0.25, 0.3) is 0 Å². The van der Waals surface area contributed by atoms with Crippen molar-refractivity contribution in [3.63, 3.8) is 0 Å². The lowest BCUT2D eigenvalue weighted by Crippen LogP contribution is -2.53. The van der Waals surface area contributed by atoms with E-state index in [1.807, 2.05) is 6.33 Å². The van der Waals surface area contributed by atoms with E-state index in [0.717, 1.165) is 83.7 Å². The third-order valence-electron chi connectivity index (χ3n) is 6.67. The number of aliphatic imine (C=N–C) groups is 1. The first-order chi connectivity index (χ1) is 15.7. The minimum absolute atomic E-state index is 0. The molecular formula is C24H38IN7O. The van der Waals surface area contributed by atoms with E-state index in [1.165, 1.54) is 16.8 Å². The minimum atomic E-state index is 0. The maximum absolute atomic E-state index is 5.55. The van der Waals surface area contributed by atoms with Crippen LogP contribution in [0.5, 0.6) is 0 Å². The molecule has 1 atom stereocenters.